The lowest BCUT2D eigenvalue weighted by atomic mass is 9.96. The van der Waals surface area contributed by atoms with Crippen LogP contribution in [0.25, 0.3) is 10.9 Å². The molecule has 10 heteroatoms. The van der Waals surface area contributed by atoms with Crippen molar-refractivity contribution in [2.45, 2.75) is 43.0 Å². The molecule has 1 saturated heterocycles. The maximum Gasteiger partial charge on any atom is 0.259 e. The van der Waals surface area contributed by atoms with Crippen LogP contribution in [0.2, 0.25) is 0 Å². The number of rotatable bonds is 5. The summed E-state index contributed by atoms with van der Waals surface area (Å²) in [5.41, 5.74) is 0.992. The number of aromatic nitrogens is 1. The molecule has 0 atom stereocenters. The van der Waals surface area contributed by atoms with E-state index in [1.165, 1.54) is 34.8 Å². The predicted octanol–water partition coefficient (Wildman–Crippen LogP) is 3.59. The van der Waals surface area contributed by atoms with E-state index in [9.17, 15) is 22.4 Å². The fourth-order valence-electron chi connectivity index (χ4n) is 5.58. The van der Waals surface area contributed by atoms with Crippen LogP contribution >= 0.6 is 0 Å². The van der Waals surface area contributed by atoms with E-state index in [-0.39, 0.29) is 33.6 Å². The molecule has 1 aromatic heterocycles. The van der Waals surface area contributed by atoms with Crippen molar-refractivity contribution >= 4 is 32.5 Å². The molecule has 2 aromatic carbocycles. The number of fused-ring (bicyclic) bond motifs is 1. The van der Waals surface area contributed by atoms with Gasteiger partial charge in [-0.25, -0.2) is 12.8 Å². The summed E-state index contributed by atoms with van der Waals surface area (Å²) < 4.78 is 43.2. The first-order valence-corrected chi connectivity index (χ1v) is 14.5. The van der Waals surface area contributed by atoms with Crippen molar-refractivity contribution in [1.29, 1.82) is 0 Å². The highest BCUT2D eigenvalue weighted by Crippen LogP contribution is 2.28. The van der Waals surface area contributed by atoms with Crippen molar-refractivity contribution < 1.29 is 17.6 Å². The molecule has 2 fully saturated rings. The fraction of sp³-hybridized carbons (Fsp3) is 0.429. The third kappa shape index (κ3) is 4.94. The molecule has 202 valence electrons. The Balaban J connectivity index is 1.40. The molecule has 1 aliphatic carbocycles. The van der Waals surface area contributed by atoms with Gasteiger partial charge in [0.2, 0.25) is 15.5 Å². The number of carbonyl (C=O) groups is 1. The minimum absolute atomic E-state index is 0.0189. The summed E-state index contributed by atoms with van der Waals surface area (Å²) in [5, 5.41) is 0.210. The Bertz CT molecular complexity index is 1510. The van der Waals surface area contributed by atoms with Gasteiger partial charge in [0.15, 0.2) is 0 Å². The smallest absolute Gasteiger partial charge is 0.259 e. The normalized spacial score (nSPS) is 17.4. The summed E-state index contributed by atoms with van der Waals surface area (Å²) in [6.45, 7) is 1.94. The second kappa shape index (κ2) is 10.5. The summed E-state index contributed by atoms with van der Waals surface area (Å²) in [6, 6.07) is 10.8. The molecule has 0 bridgehead atoms. The van der Waals surface area contributed by atoms with E-state index in [0.29, 0.717) is 31.7 Å². The average molecular weight is 541 g/mol. The van der Waals surface area contributed by atoms with Crippen molar-refractivity contribution in [3.63, 3.8) is 0 Å². The van der Waals surface area contributed by atoms with E-state index in [0.717, 1.165) is 37.8 Å². The van der Waals surface area contributed by atoms with Gasteiger partial charge in [-0.15, -0.1) is 0 Å². The van der Waals surface area contributed by atoms with Gasteiger partial charge in [-0.05, 0) is 55.3 Å². The van der Waals surface area contributed by atoms with E-state index >= 15 is 0 Å². The van der Waals surface area contributed by atoms with Crippen molar-refractivity contribution in [3.05, 3.63) is 70.3 Å². The topological polar surface area (TPSA) is 82.9 Å². The monoisotopic (exact) mass is 540 g/mol. The zero-order chi connectivity index (χ0) is 27.0. The standard InChI is InChI=1S/C28H33FN4O4S/c1-30-19-25(28(35)33-16-14-32(15-17-33)22-10-8-20(29)9-11-22)27(34)24-18-23(12-13-26(24)30)38(36,37)31(2)21-6-4-3-5-7-21/h8-13,18-19,21H,3-7,14-17H2,1-2H3. The number of nitrogens with zero attached hydrogens (tertiary/aromatic N) is 4. The van der Waals surface area contributed by atoms with Gasteiger partial charge in [-0.2, -0.15) is 4.31 Å². The number of hydrogen-bond acceptors (Lipinski definition) is 5. The van der Waals surface area contributed by atoms with Gasteiger partial charge < -0.3 is 14.4 Å². The van der Waals surface area contributed by atoms with Gasteiger partial charge >= 0.3 is 0 Å². The first kappa shape index (κ1) is 26.4. The lowest BCUT2D eigenvalue weighted by Gasteiger charge is -2.36. The Kier molecular flexibility index (Phi) is 7.28. The number of halogens is 1. The van der Waals surface area contributed by atoms with Gasteiger partial charge in [0.25, 0.3) is 5.91 Å². The van der Waals surface area contributed by atoms with E-state index in [4.69, 9.17) is 0 Å². The number of benzene rings is 2. The second-order valence-electron chi connectivity index (χ2n) is 10.2. The highest BCUT2D eigenvalue weighted by molar-refractivity contribution is 7.89. The summed E-state index contributed by atoms with van der Waals surface area (Å²) in [6.07, 6.45) is 6.32. The molecule has 1 aliphatic heterocycles. The SMILES string of the molecule is CN(C1CCCCC1)S(=O)(=O)c1ccc2c(c1)c(=O)c(C(=O)N1CCN(c3ccc(F)cc3)CC1)cn2C. The second-order valence-corrected chi connectivity index (χ2v) is 12.2. The molecule has 1 amide bonds. The van der Waals surface area contributed by atoms with E-state index in [1.54, 1.807) is 41.8 Å². The van der Waals surface area contributed by atoms with E-state index in [2.05, 4.69) is 4.90 Å². The minimum Gasteiger partial charge on any atom is -0.368 e. The number of piperazine rings is 1. The molecular formula is C28H33FN4O4S. The quantitative estimate of drug-likeness (QED) is 0.494. The lowest BCUT2D eigenvalue weighted by Crippen LogP contribution is -2.49. The Hall–Kier alpha value is -3.24. The molecule has 0 radical (unpaired) electrons. The van der Waals surface area contributed by atoms with Gasteiger partial charge in [0.1, 0.15) is 11.4 Å². The number of amides is 1. The molecule has 38 heavy (non-hydrogen) atoms. The highest BCUT2D eigenvalue weighted by Gasteiger charge is 2.30. The van der Waals surface area contributed by atoms with E-state index in [1.807, 2.05) is 0 Å². The maximum absolute atomic E-state index is 13.5. The summed E-state index contributed by atoms with van der Waals surface area (Å²) in [7, 11) is -0.434. The fourth-order valence-corrected chi connectivity index (χ4v) is 7.02. The van der Waals surface area contributed by atoms with Gasteiger partial charge in [-0.3, -0.25) is 9.59 Å². The average Bonchev–Trinajstić information content (AvgIpc) is 2.95. The molecular weight excluding hydrogens is 507 g/mol. The van der Waals surface area contributed by atoms with Crippen LogP contribution in [-0.2, 0) is 17.1 Å². The number of pyridine rings is 1. The van der Waals surface area contributed by atoms with E-state index < -0.39 is 15.5 Å². The molecule has 2 heterocycles. The zero-order valence-electron chi connectivity index (χ0n) is 21.8. The Morgan fingerprint density at radius 3 is 2.29 bits per heavy atom. The molecule has 0 N–H and O–H groups in total. The largest absolute Gasteiger partial charge is 0.368 e. The van der Waals surface area contributed by atoms with Crippen LogP contribution in [0.15, 0.2) is 58.4 Å². The molecule has 5 rings (SSSR count). The molecule has 3 aromatic rings. The van der Waals surface area contributed by atoms with Gasteiger partial charge in [-0.1, -0.05) is 19.3 Å². The molecule has 8 nitrogen and oxygen atoms in total. The summed E-state index contributed by atoms with van der Waals surface area (Å²) in [5.74, 6) is -0.676. The number of hydrogen-bond donors (Lipinski definition) is 0. The first-order valence-electron chi connectivity index (χ1n) is 13.1. The molecule has 0 unspecified atom stereocenters. The van der Waals surface area contributed by atoms with Crippen LogP contribution < -0.4 is 10.3 Å². The van der Waals surface area contributed by atoms with Crippen molar-refractivity contribution in [2.24, 2.45) is 7.05 Å². The number of anilines is 1. The number of aryl methyl sites for hydroxylation is 1. The Morgan fingerprint density at radius 2 is 1.63 bits per heavy atom. The van der Waals surface area contributed by atoms with Crippen molar-refractivity contribution in [3.8, 4) is 0 Å². The Labute approximate surface area is 222 Å². The molecule has 0 spiro atoms. The molecule has 1 saturated carbocycles. The van der Waals surface area contributed by atoms with Crippen molar-refractivity contribution in [1.82, 2.24) is 13.8 Å². The van der Waals surface area contributed by atoms with Gasteiger partial charge in [0.05, 0.1) is 10.4 Å². The van der Waals surface area contributed by atoms with Gasteiger partial charge in [0, 0.05) is 63.6 Å². The van der Waals surface area contributed by atoms with Crippen LogP contribution in [0.1, 0.15) is 42.5 Å². The first-order chi connectivity index (χ1) is 18.2. The summed E-state index contributed by atoms with van der Waals surface area (Å²) >= 11 is 0. The highest BCUT2D eigenvalue weighted by atomic mass is 32.2. The minimum atomic E-state index is -3.79. The van der Waals surface area contributed by atoms with Crippen LogP contribution in [-0.4, -0.2) is 67.4 Å². The predicted molar refractivity (Wildman–Crippen MR) is 146 cm³/mol. The zero-order valence-corrected chi connectivity index (χ0v) is 22.6. The third-order valence-electron chi connectivity index (χ3n) is 7.91. The van der Waals surface area contributed by atoms with Crippen LogP contribution in [0.5, 0.6) is 0 Å². The van der Waals surface area contributed by atoms with Crippen molar-refractivity contribution in [2.75, 3.05) is 38.1 Å². The lowest BCUT2D eigenvalue weighted by molar-refractivity contribution is 0.0745. The third-order valence-corrected chi connectivity index (χ3v) is 9.82. The van der Waals surface area contributed by atoms with Crippen LogP contribution in [0.4, 0.5) is 10.1 Å². The number of carbonyl (C=O) groups excluding carboxylic acids is 1. The Morgan fingerprint density at radius 1 is 0.974 bits per heavy atom. The van der Waals surface area contributed by atoms with Crippen LogP contribution in [0.3, 0.4) is 0 Å². The maximum atomic E-state index is 13.5. The molecule has 2 aliphatic rings. The summed E-state index contributed by atoms with van der Waals surface area (Å²) in [4.78, 5) is 30.7. The number of sulfonamides is 1. The van der Waals surface area contributed by atoms with Crippen LogP contribution in [0, 0.1) is 5.82 Å².